The highest BCUT2D eigenvalue weighted by molar-refractivity contribution is 7.90. The molecule has 0 aliphatic rings. The zero-order valence-corrected chi connectivity index (χ0v) is 17.5. The van der Waals surface area contributed by atoms with Crippen LogP contribution < -0.4 is 9.46 Å². The molecule has 2 amide bonds. The van der Waals surface area contributed by atoms with E-state index in [9.17, 15) is 18.0 Å². The lowest BCUT2D eigenvalue weighted by Crippen LogP contribution is -2.30. The van der Waals surface area contributed by atoms with Gasteiger partial charge in [0.2, 0.25) is 5.91 Å². The van der Waals surface area contributed by atoms with E-state index in [2.05, 4.69) is 9.71 Å². The molecule has 3 rings (SSSR count). The predicted octanol–water partition coefficient (Wildman–Crippen LogP) is 3.06. The van der Waals surface area contributed by atoms with Crippen molar-refractivity contribution in [2.24, 2.45) is 0 Å². The molecule has 0 bridgehead atoms. The zero-order valence-electron chi connectivity index (χ0n) is 16.7. The van der Waals surface area contributed by atoms with E-state index in [-0.39, 0.29) is 17.7 Å². The van der Waals surface area contributed by atoms with Gasteiger partial charge in [-0.05, 0) is 43.2 Å². The minimum Gasteiger partial charge on any atom is -0.409 e. The number of carbonyl (C=O) groups is 2. The van der Waals surface area contributed by atoms with Crippen molar-refractivity contribution in [3.63, 3.8) is 0 Å². The Bertz CT molecular complexity index is 1160. The molecule has 30 heavy (non-hydrogen) atoms. The van der Waals surface area contributed by atoms with E-state index < -0.39 is 22.0 Å². The third-order valence-electron chi connectivity index (χ3n) is 4.66. The summed E-state index contributed by atoms with van der Waals surface area (Å²) in [5.74, 6) is -0.236. The van der Waals surface area contributed by atoms with Crippen LogP contribution in [0.1, 0.15) is 18.9 Å². The molecule has 3 aromatic rings. The molecular weight excluding hydrogens is 406 g/mol. The van der Waals surface area contributed by atoms with Crippen LogP contribution in [0, 0.1) is 0 Å². The molecule has 0 aliphatic heterocycles. The van der Waals surface area contributed by atoms with Gasteiger partial charge in [0, 0.05) is 37.1 Å². The van der Waals surface area contributed by atoms with Gasteiger partial charge in [-0.1, -0.05) is 24.3 Å². The predicted molar refractivity (Wildman–Crippen MR) is 113 cm³/mol. The van der Waals surface area contributed by atoms with E-state index in [1.807, 2.05) is 13.0 Å². The number of benzene rings is 2. The van der Waals surface area contributed by atoms with Gasteiger partial charge >= 0.3 is 6.09 Å². The maximum atomic E-state index is 12.3. The molecule has 2 aromatic carbocycles. The number of aromatic amines is 1. The first-order valence-corrected chi connectivity index (χ1v) is 10.9. The van der Waals surface area contributed by atoms with E-state index in [0.717, 1.165) is 11.1 Å². The number of rotatable bonds is 7. The molecule has 0 aliphatic carbocycles. The molecule has 0 saturated carbocycles. The van der Waals surface area contributed by atoms with Crippen LogP contribution >= 0.6 is 0 Å². The largest absolute Gasteiger partial charge is 0.414 e. The number of fused-ring (bicyclic) bond motifs is 1. The van der Waals surface area contributed by atoms with Crippen LogP contribution in [0.25, 0.3) is 10.9 Å². The van der Waals surface area contributed by atoms with Gasteiger partial charge < -0.3 is 14.6 Å². The van der Waals surface area contributed by atoms with Crippen molar-refractivity contribution in [2.45, 2.75) is 24.7 Å². The lowest BCUT2D eigenvalue weighted by Gasteiger charge is -2.15. The molecule has 9 heteroatoms. The summed E-state index contributed by atoms with van der Waals surface area (Å²) in [7, 11) is -2.27. The van der Waals surface area contributed by atoms with Crippen LogP contribution in [-0.2, 0) is 21.2 Å². The van der Waals surface area contributed by atoms with Gasteiger partial charge in [0.15, 0.2) is 0 Å². The summed E-state index contributed by atoms with van der Waals surface area (Å²) in [5.41, 5.74) is 1.51. The average molecular weight is 429 g/mol. The topological polar surface area (TPSA) is 109 Å². The third-order valence-corrected chi connectivity index (χ3v) is 6.04. The minimum absolute atomic E-state index is 0.0275. The molecule has 0 radical (unpaired) electrons. The second kappa shape index (κ2) is 9.00. The van der Waals surface area contributed by atoms with Crippen molar-refractivity contribution in [1.29, 1.82) is 0 Å². The Morgan fingerprint density at radius 2 is 1.83 bits per heavy atom. The van der Waals surface area contributed by atoms with E-state index in [4.69, 9.17) is 4.74 Å². The summed E-state index contributed by atoms with van der Waals surface area (Å²) < 4.78 is 32.1. The van der Waals surface area contributed by atoms with E-state index in [0.29, 0.717) is 17.7 Å². The zero-order chi connectivity index (χ0) is 21.7. The van der Waals surface area contributed by atoms with Gasteiger partial charge in [0.25, 0.3) is 10.0 Å². The first-order valence-electron chi connectivity index (χ1n) is 9.44. The van der Waals surface area contributed by atoms with Crippen LogP contribution in [0.4, 0.5) is 4.79 Å². The van der Waals surface area contributed by atoms with Gasteiger partial charge in [-0.3, -0.25) is 4.79 Å². The van der Waals surface area contributed by atoms with Gasteiger partial charge in [0.1, 0.15) is 5.75 Å². The normalized spacial score (nSPS) is 11.3. The Hall–Kier alpha value is -3.33. The van der Waals surface area contributed by atoms with Crippen molar-refractivity contribution < 1.29 is 22.7 Å². The standard InChI is InChI=1S/C21H23N3O5S/c1-3-24(2)21(26)29-18-11-7-10-17-20(18)15(14-22-17)12-13-19(25)23-30(27,28)16-8-5-4-6-9-16/h4-11,14,22H,3,12-13H2,1-2H3,(H,23,25). The number of sulfonamides is 1. The number of nitrogens with one attached hydrogen (secondary N) is 2. The number of amides is 2. The van der Waals surface area contributed by atoms with Crippen LogP contribution in [0.3, 0.4) is 0 Å². The first-order chi connectivity index (χ1) is 14.3. The smallest absolute Gasteiger partial charge is 0.409 e. The number of ether oxygens (including phenoxy) is 1. The number of carbonyl (C=O) groups excluding carboxylic acids is 2. The fraction of sp³-hybridized carbons (Fsp3) is 0.238. The maximum absolute atomic E-state index is 12.3. The molecule has 1 aromatic heterocycles. The van der Waals surface area contributed by atoms with Gasteiger partial charge in [0.05, 0.1) is 4.90 Å². The molecule has 0 fully saturated rings. The molecule has 8 nitrogen and oxygen atoms in total. The first kappa shape index (κ1) is 21.4. The van der Waals surface area contributed by atoms with Crippen molar-refractivity contribution in [3.05, 3.63) is 60.3 Å². The summed E-state index contributed by atoms with van der Waals surface area (Å²) in [4.78, 5) is 29.0. The number of H-pyrrole nitrogens is 1. The molecule has 0 spiro atoms. The molecular formula is C21H23N3O5S. The van der Waals surface area contributed by atoms with E-state index in [1.165, 1.54) is 17.0 Å². The van der Waals surface area contributed by atoms with Gasteiger partial charge in [-0.15, -0.1) is 0 Å². The van der Waals surface area contributed by atoms with E-state index >= 15 is 0 Å². The number of nitrogens with zero attached hydrogens (tertiary/aromatic N) is 1. The Kier molecular flexibility index (Phi) is 6.41. The second-order valence-electron chi connectivity index (χ2n) is 6.72. The van der Waals surface area contributed by atoms with Crippen LogP contribution in [0.15, 0.2) is 59.6 Å². The third kappa shape index (κ3) is 4.80. The molecule has 2 N–H and O–H groups in total. The minimum atomic E-state index is -3.91. The Balaban J connectivity index is 1.73. The Morgan fingerprint density at radius 1 is 1.10 bits per heavy atom. The number of aryl methyl sites for hydroxylation is 1. The average Bonchev–Trinajstić information content (AvgIpc) is 3.16. The quantitative estimate of drug-likeness (QED) is 0.600. The summed E-state index contributed by atoms with van der Waals surface area (Å²) in [6, 6.07) is 13.0. The Morgan fingerprint density at radius 3 is 2.53 bits per heavy atom. The number of aromatic nitrogens is 1. The van der Waals surface area contributed by atoms with Crippen molar-refractivity contribution in [2.75, 3.05) is 13.6 Å². The summed E-state index contributed by atoms with van der Waals surface area (Å²) >= 11 is 0. The number of hydrogen-bond donors (Lipinski definition) is 2. The maximum Gasteiger partial charge on any atom is 0.414 e. The summed E-state index contributed by atoms with van der Waals surface area (Å²) in [5, 5.41) is 0.689. The van der Waals surface area contributed by atoms with Crippen LogP contribution in [0.5, 0.6) is 5.75 Å². The highest BCUT2D eigenvalue weighted by Crippen LogP contribution is 2.30. The van der Waals surface area contributed by atoms with E-state index in [1.54, 1.807) is 43.6 Å². The Labute approximate surface area is 174 Å². The van der Waals surface area contributed by atoms with Crippen LogP contribution in [0.2, 0.25) is 0 Å². The fourth-order valence-corrected chi connectivity index (χ4v) is 3.95. The molecule has 0 saturated heterocycles. The summed E-state index contributed by atoms with van der Waals surface area (Å²) in [6.07, 6.45) is 1.47. The van der Waals surface area contributed by atoms with Gasteiger partial charge in [-0.25, -0.2) is 17.9 Å². The monoisotopic (exact) mass is 429 g/mol. The lowest BCUT2D eigenvalue weighted by atomic mass is 10.1. The van der Waals surface area contributed by atoms with Crippen molar-refractivity contribution in [1.82, 2.24) is 14.6 Å². The second-order valence-corrected chi connectivity index (χ2v) is 8.40. The number of hydrogen-bond acceptors (Lipinski definition) is 5. The molecule has 158 valence electrons. The van der Waals surface area contributed by atoms with Gasteiger partial charge in [-0.2, -0.15) is 0 Å². The summed E-state index contributed by atoms with van der Waals surface area (Å²) in [6.45, 7) is 2.34. The molecule has 1 heterocycles. The highest BCUT2D eigenvalue weighted by Gasteiger charge is 2.19. The van der Waals surface area contributed by atoms with Crippen molar-refractivity contribution in [3.8, 4) is 5.75 Å². The highest BCUT2D eigenvalue weighted by atomic mass is 32.2. The van der Waals surface area contributed by atoms with Crippen molar-refractivity contribution >= 4 is 32.9 Å². The molecule has 0 atom stereocenters. The molecule has 0 unspecified atom stereocenters. The SMILES string of the molecule is CCN(C)C(=O)Oc1cccc2[nH]cc(CCC(=O)NS(=O)(=O)c3ccccc3)c12. The van der Waals surface area contributed by atoms with Crippen LogP contribution in [-0.4, -0.2) is 43.9 Å². The fourth-order valence-electron chi connectivity index (χ4n) is 2.91. The lowest BCUT2D eigenvalue weighted by molar-refractivity contribution is -0.119.